The van der Waals surface area contributed by atoms with Gasteiger partial charge in [-0.2, -0.15) is 0 Å². The number of sulfonamides is 1. The molecule has 0 aromatic heterocycles. The number of amides is 2. The maximum Gasteiger partial charge on any atom is 0.255 e. The zero-order valence-electron chi connectivity index (χ0n) is 17.1. The van der Waals surface area contributed by atoms with Gasteiger partial charge in [0.2, 0.25) is 15.9 Å². The maximum absolute atomic E-state index is 13.1. The molecule has 10 heteroatoms. The maximum atomic E-state index is 13.1. The predicted molar refractivity (Wildman–Crippen MR) is 115 cm³/mol. The molecule has 0 atom stereocenters. The third-order valence-corrected chi connectivity index (χ3v) is 7.50. The molecule has 1 saturated heterocycles. The summed E-state index contributed by atoms with van der Waals surface area (Å²) in [4.78, 5) is 26.8. The van der Waals surface area contributed by atoms with Gasteiger partial charge in [-0.15, -0.1) is 0 Å². The molecule has 2 amide bonds. The summed E-state index contributed by atoms with van der Waals surface area (Å²) < 4.78 is 35.7. The second kappa shape index (κ2) is 8.05. The summed E-state index contributed by atoms with van der Waals surface area (Å²) >= 11 is 6.33. The number of fused-ring (bicyclic) bond motifs is 1. The largest absolute Gasteiger partial charge is 0.493 e. The van der Waals surface area contributed by atoms with Crippen LogP contribution < -0.4 is 13.8 Å². The van der Waals surface area contributed by atoms with Crippen molar-refractivity contribution in [3.05, 3.63) is 52.0 Å². The Balaban J connectivity index is 1.59. The molecule has 1 fully saturated rings. The van der Waals surface area contributed by atoms with E-state index in [4.69, 9.17) is 21.1 Å². The van der Waals surface area contributed by atoms with Crippen molar-refractivity contribution in [3.8, 4) is 11.5 Å². The summed E-state index contributed by atoms with van der Waals surface area (Å²) in [5, 5.41) is 0.0931. The van der Waals surface area contributed by atoms with Crippen molar-refractivity contribution in [1.82, 2.24) is 4.90 Å². The van der Waals surface area contributed by atoms with E-state index in [1.165, 1.54) is 18.2 Å². The molecule has 164 valence electrons. The van der Waals surface area contributed by atoms with Crippen molar-refractivity contribution in [3.63, 3.8) is 0 Å². The van der Waals surface area contributed by atoms with Crippen LogP contribution in [-0.2, 0) is 27.8 Å². The third kappa shape index (κ3) is 3.83. The van der Waals surface area contributed by atoms with Gasteiger partial charge in [0.25, 0.3) is 5.91 Å². The zero-order chi connectivity index (χ0) is 22.3. The highest BCUT2D eigenvalue weighted by Crippen LogP contribution is 2.34. The van der Waals surface area contributed by atoms with Crippen molar-refractivity contribution >= 4 is 39.1 Å². The van der Waals surface area contributed by atoms with Gasteiger partial charge < -0.3 is 14.4 Å². The lowest BCUT2D eigenvalue weighted by molar-refractivity contribution is -0.116. The van der Waals surface area contributed by atoms with E-state index in [0.29, 0.717) is 31.0 Å². The Morgan fingerprint density at radius 3 is 2.29 bits per heavy atom. The Morgan fingerprint density at radius 2 is 1.71 bits per heavy atom. The highest BCUT2D eigenvalue weighted by Gasteiger charge is 2.36. The van der Waals surface area contributed by atoms with Gasteiger partial charge in [-0.1, -0.05) is 11.6 Å². The quantitative estimate of drug-likeness (QED) is 0.690. The molecule has 0 bridgehead atoms. The molecule has 2 aromatic carbocycles. The fraction of sp³-hybridized carbons (Fsp3) is 0.333. The Hall–Kier alpha value is -2.78. The summed E-state index contributed by atoms with van der Waals surface area (Å²) in [5.74, 6) is 0.228. The van der Waals surface area contributed by atoms with Crippen LogP contribution in [-0.4, -0.2) is 51.6 Å². The minimum Gasteiger partial charge on any atom is -0.493 e. The molecule has 2 heterocycles. The number of methoxy groups -OCH3 is 2. The van der Waals surface area contributed by atoms with Crippen LogP contribution in [0.1, 0.15) is 27.9 Å². The first-order valence-corrected chi connectivity index (χ1v) is 11.6. The molecule has 0 spiro atoms. The van der Waals surface area contributed by atoms with Crippen molar-refractivity contribution in [2.24, 2.45) is 0 Å². The normalized spacial score (nSPS) is 17.5. The number of carbonyl (C=O) groups is 2. The number of rotatable bonds is 4. The SMILES string of the molecule is COc1cc2c(cc1OC)CN(C(=O)c1ccc(N3C(=O)CCS3(=O)=O)cc1Cl)CC2. The topological polar surface area (TPSA) is 93.2 Å². The number of carbonyl (C=O) groups excluding carboxylic acids is 2. The summed E-state index contributed by atoms with van der Waals surface area (Å²) in [7, 11) is -0.561. The molecule has 0 radical (unpaired) electrons. The van der Waals surface area contributed by atoms with Gasteiger partial charge in [-0.3, -0.25) is 9.59 Å². The number of nitrogens with zero attached hydrogens (tertiary/aromatic N) is 2. The number of hydrogen-bond acceptors (Lipinski definition) is 6. The van der Waals surface area contributed by atoms with Crippen molar-refractivity contribution < 1.29 is 27.5 Å². The molecule has 31 heavy (non-hydrogen) atoms. The third-order valence-electron chi connectivity index (χ3n) is 5.50. The van der Waals surface area contributed by atoms with E-state index in [-0.39, 0.29) is 34.4 Å². The zero-order valence-corrected chi connectivity index (χ0v) is 18.6. The van der Waals surface area contributed by atoms with E-state index in [9.17, 15) is 18.0 Å². The molecule has 0 unspecified atom stereocenters. The van der Waals surface area contributed by atoms with E-state index in [0.717, 1.165) is 15.4 Å². The minimum absolute atomic E-state index is 0.0674. The second-order valence-electron chi connectivity index (χ2n) is 7.34. The number of anilines is 1. The molecule has 2 aliphatic rings. The molecule has 0 N–H and O–H groups in total. The van der Waals surface area contributed by atoms with Crippen LogP contribution in [0.2, 0.25) is 5.02 Å². The number of ether oxygens (including phenoxy) is 2. The van der Waals surface area contributed by atoms with E-state index < -0.39 is 15.9 Å². The van der Waals surface area contributed by atoms with E-state index >= 15 is 0 Å². The molecule has 4 rings (SSSR count). The molecule has 0 aliphatic carbocycles. The van der Waals surface area contributed by atoms with Crippen LogP contribution >= 0.6 is 11.6 Å². The first-order valence-electron chi connectivity index (χ1n) is 9.63. The monoisotopic (exact) mass is 464 g/mol. The smallest absolute Gasteiger partial charge is 0.255 e. The van der Waals surface area contributed by atoms with Crippen molar-refractivity contribution in [2.75, 3.05) is 30.8 Å². The van der Waals surface area contributed by atoms with Crippen LogP contribution in [0.5, 0.6) is 11.5 Å². The van der Waals surface area contributed by atoms with Crippen LogP contribution in [0.15, 0.2) is 30.3 Å². The van der Waals surface area contributed by atoms with Crippen LogP contribution in [0.4, 0.5) is 5.69 Å². The number of benzene rings is 2. The number of halogens is 1. The molecule has 8 nitrogen and oxygen atoms in total. The standard InChI is InChI=1S/C21H21ClN2O6S/c1-29-18-9-13-5-7-23(12-14(13)10-19(18)30-2)21(26)16-4-3-15(11-17(16)22)24-20(25)6-8-31(24,27)28/h3-4,9-11H,5-8,12H2,1-2H3. The molecular weight excluding hydrogens is 444 g/mol. The van der Waals surface area contributed by atoms with Crippen LogP contribution in [0, 0.1) is 0 Å². The van der Waals surface area contributed by atoms with Gasteiger partial charge in [0, 0.05) is 19.5 Å². The first kappa shape index (κ1) is 21.5. The fourth-order valence-corrected chi connectivity index (χ4v) is 5.61. The fourth-order valence-electron chi connectivity index (χ4n) is 3.90. The lowest BCUT2D eigenvalue weighted by Crippen LogP contribution is -2.36. The van der Waals surface area contributed by atoms with Gasteiger partial charge >= 0.3 is 0 Å². The Labute approximate surface area is 185 Å². The van der Waals surface area contributed by atoms with Gasteiger partial charge in [0.05, 0.1) is 36.2 Å². The molecular formula is C21H21ClN2O6S. The summed E-state index contributed by atoms with van der Waals surface area (Å²) in [5.41, 5.74) is 2.43. The first-order chi connectivity index (χ1) is 14.7. The lowest BCUT2D eigenvalue weighted by Gasteiger charge is -2.30. The summed E-state index contributed by atoms with van der Waals surface area (Å²) in [6.45, 7) is 0.879. The van der Waals surface area contributed by atoms with Gasteiger partial charge in [0.15, 0.2) is 11.5 Å². The van der Waals surface area contributed by atoms with E-state index in [1.807, 2.05) is 12.1 Å². The molecule has 2 aliphatic heterocycles. The van der Waals surface area contributed by atoms with Gasteiger partial charge in [-0.25, -0.2) is 12.7 Å². The lowest BCUT2D eigenvalue weighted by atomic mass is 9.98. The highest BCUT2D eigenvalue weighted by atomic mass is 35.5. The van der Waals surface area contributed by atoms with E-state index in [2.05, 4.69) is 0 Å². The van der Waals surface area contributed by atoms with Crippen LogP contribution in [0.25, 0.3) is 0 Å². The second-order valence-corrected chi connectivity index (χ2v) is 9.69. The van der Waals surface area contributed by atoms with Crippen molar-refractivity contribution in [2.45, 2.75) is 19.4 Å². The highest BCUT2D eigenvalue weighted by molar-refractivity contribution is 7.94. The summed E-state index contributed by atoms with van der Waals surface area (Å²) in [6.07, 6.45) is 0.583. The van der Waals surface area contributed by atoms with Crippen LogP contribution in [0.3, 0.4) is 0 Å². The molecule has 2 aromatic rings. The minimum atomic E-state index is -3.70. The Kier molecular flexibility index (Phi) is 5.57. The van der Waals surface area contributed by atoms with Gasteiger partial charge in [0.1, 0.15) is 0 Å². The average Bonchev–Trinajstić information content (AvgIpc) is 3.03. The average molecular weight is 465 g/mol. The summed E-state index contributed by atoms with van der Waals surface area (Å²) in [6, 6.07) is 8.03. The molecule has 0 saturated carbocycles. The van der Waals surface area contributed by atoms with E-state index in [1.54, 1.807) is 19.1 Å². The Bertz CT molecular complexity index is 1180. The van der Waals surface area contributed by atoms with Gasteiger partial charge in [-0.05, 0) is 47.9 Å². The Morgan fingerprint density at radius 1 is 1.03 bits per heavy atom. The predicted octanol–water partition coefficient (Wildman–Crippen LogP) is 2.62. The number of hydrogen-bond donors (Lipinski definition) is 0. The van der Waals surface area contributed by atoms with Crippen molar-refractivity contribution in [1.29, 1.82) is 0 Å².